The molecule has 0 radical (unpaired) electrons. The van der Waals surface area contributed by atoms with E-state index in [9.17, 15) is 23.3 Å². The van der Waals surface area contributed by atoms with Crippen LogP contribution in [-0.2, 0) is 14.8 Å². The second-order valence-electron chi connectivity index (χ2n) is 4.88. The summed E-state index contributed by atoms with van der Waals surface area (Å²) in [6, 6.07) is 9.16. The van der Waals surface area contributed by atoms with Gasteiger partial charge in [-0.15, -0.1) is 0 Å². The van der Waals surface area contributed by atoms with Crippen molar-refractivity contribution in [1.82, 2.24) is 0 Å². The van der Waals surface area contributed by atoms with Gasteiger partial charge < -0.3 is 4.74 Å². The smallest absolute Gasteiger partial charge is 0.337 e. The number of ether oxygens (including phenoxy) is 1. The van der Waals surface area contributed by atoms with Crippen molar-refractivity contribution in [2.45, 2.75) is 11.8 Å². The number of rotatable bonds is 5. The number of nitro groups is 1. The van der Waals surface area contributed by atoms with Crippen molar-refractivity contribution in [3.05, 3.63) is 63.7 Å². The summed E-state index contributed by atoms with van der Waals surface area (Å²) in [5.41, 5.74) is 0.457. The van der Waals surface area contributed by atoms with E-state index < -0.39 is 20.9 Å². The summed E-state index contributed by atoms with van der Waals surface area (Å²) in [5, 5.41) is 10.8. The standard InChI is InChI=1S/C15H14N2O6S/c1-10-6-7-12(17(19)20)9-14(10)16-24(21,22)13-5-3-4-11(8-13)15(18)23-2/h3-9,16H,1-2H3. The van der Waals surface area contributed by atoms with Gasteiger partial charge in [0.1, 0.15) is 0 Å². The van der Waals surface area contributed by atoms with E-state index in [1.54, 1.807) is 6.92 Å². The molecule has 0 aliphatic heterocycles. The Morgan fingerprint density at radius 2 is 1.92 bits per heavy atom. The van der Waals surface area contributed by atoms with E-state index in [1.165, 1.54) is 43.5 Å². The number of nitrogens with zero attached hydrogens (tertiary/aromatic N) is 1. The molecule has 9 heteroatoms. The molecule has 0 saturated heterocycles. The average molecular weight is 350 g/mol. The van der Waals surface area contributed by atoms with Crippen LogP contribution < -0.4 is 4.72 Å². The van der Waals surface area contributed by atoms with Crippen LogP contribution in [-0.4, -0.2) is 26.4 Å². The third-order valence-corrected chi connectivity index (χ3v) is 4.60. The molecule has 0 heterocycles. The highest BCUT2D eigenvalue weighted by Crippen LogP contribution is 2.25. The van der Waals surface area contributed by atoms with E-state index in [0.29, 0.717) is 5.56 Å². The third-order valence-electron chi connectivity index (χ3n) is 3.24. The van der Waals surface area contributed by atoms with E-state index in [4.69, 9.17) is 0 Å². The predicted octanol–water partition coefficient (Wildman–Crippen LogP) is 2.49. The Labute approximate surface area is 138 Å². The molecule has 2 rings (SSSR count). The first kappa shape index (κ1) is 17.4. The van der Waals surface area contributed by atoms with Crippen LogP contribution in [0.3, 0.4) is 0 Å². The number of nitrogens with one attached hydrogen (secondary N) is 1. The maximum absolute atomic E-state index is 12.5. The molecule has 0 spiro atoms. The number of hydrogen-bond donors (Lipinski definition) is 1. The maximum atomic E-state index is 12.5. The van der Waals surface area contributed by atoms with Crippen molar-refractivity contribution in [3.63, 3.8) is 0 Å². The van der Waals surface area contributed by atoms with Gasteiger partial charge in [0.15, 0.2) is 0 Å². The van der Waals surface area contributed by atoms with Crippen molar-refractivity contribution in [3.8, 4) is 0 Å². The summed E-state index contributed by atoms with van der Waals surface area (Å²) in [7, 11) is -2.83. The van der Waals surface area contributed by atoms with Gasteiger partial charge in [-0.1, -0.05) is 12.1 Å². The van der Waals surface area contributed by atoms with Gasteiger partial charge in [-0.2, -0.15) is 0 Å². The Morgan fingerprint density at radius 3 is 2.54 bits per heavy atom. The second-order valence-corrected chi connectivity index (χ2v) is 6.56. The van der Waals surface area contributed by atoms with Gasteiger partial charge >= 0.3 is 5.97 Å². The molecule has 8 nitrogen and oxygen atoms in total. The molecule has 0 aliphatic carbocycles. The molecule has 0 saturated carbocycles. The van der Waals surface area contributed by atoms with Crippen LogP contribution in [0.4, 0.5) is 11.4 Å². The molecule has 0 atom stereocenters. The van der Waals surface area contributed by atoms with Crippen molar-refractivity contribution in [1.29, 1.82) is 0 Å². The maximum Gasteiger partial charge on any atom is 0.337 e. The van der Waals surface area contributed by atoms with Crippen LogP contribution in [0.15, 0.2) is 47.4 Å². The molecule has 1 N–H and O–H groups in total. The molecular formula is C15H14N2O6S. The summed E-state index contributed by atoms with van der Waals surface area (Å²) in [4.78, 5) is 21.6. The first-order valence-corrected chi connectivity index (χ1v) is 8.19. The van der Waals surface area contributed by atoms with E-state index in [1.807, 2.05) is 0 Å². The number of carbonyl (C=O) groups excluding carboxylic acids is 1. The number of non-ortho nitro benzene ring substituents is 1. The number of hydrogen-bond acceptors (Lipinski definition) is 6. The molecule has 2 aromatic carbocycles. The number of aryl methyl sites for hydroxylation is 1. The molecule has 24 heavy (non-hydrogen) atoms. The number of benzene rings is 2. The van der Waals surface area contributed by atoms with E-state index in [0.717, 1.165) is 6.07 Å². The molecule has 2 aromatic rings. The van der Waals surface area contributed by atoms with Gasteiger partial charge in [-0.05, 0) is 30.7 Å². The minimum Gasteiger partial charge on any atom is -0.465 e. The molecule has 0 bridgehead atoms. The van der Waals surface area contributed by atoms with E-state index in [-0.39, 0.29) is 21.8 Å². The lowest BCUT2D eigenvalue weighted by molar-refractivity contribution is -0.384. The molecule has 0 unspecified atom stereocenters. The fourth-order valence-electron chi connectivity index (χ4n) is 1.95. The van der Waals surface area contributed by atoms with Crippen LogP contribution >= 0.6 is 0 Å². The lowest BCUT2D eigenvalue weighted by Crippen LogP contribution is -2.15. The van der Waals surface area contributed by atoms with Gasteiger partial charge in [0.2, 0.25) is 0 Å². The quantitative estimate of drug-likeness (QED) is 0.503. The normalized spacial score (nSPS) is 10.9. The van der Waals surface area contributed by atoms with Crippen LogP contribution in [0.5, 0.6) is 0 Å². The number of esters is 1. The predicted molar refractivity (Wildman–Crippen MR) is 86.4 cm³/mol. The largest absolute Gasteiger partial charge is 0.465 e. The fraction of sp³-hybridized carbons (Fsp3) is 0.133. The van der Waals surface area contributed by atoms with Crippen LogP contribution in [0.1, 0.15) is 15.9 Å². The molecule has 0 amide bonds. The lowest BCUT2D eigenvalue weighted by Gasteiger charge is -2.11. The molecule has 126 valence electrons. The van der Waals surface area contributed by atoms with Crippen molar-refractivity contribution in [2.24, 2.45) is 0 Å². The Kier molecular flexibility index (Phi) is 4.84. The van der Waals surface area contributed by atoms with Gasteiger partial charge in [-0.25, -0.2) is 13.2 Å². The number of methoxy groups -OCH3 is 1. The summed E-state index contributed by atoms with van der Waals surface area (Å²) < 4.78 is 31.8. The Hall–Kier alpha value is -2.94. The highest BCUT2D eigenvalue weighted by atomic mass is 32.2. The third kappa shape index (κ3) is 3.69. The first-order valence-electron chi connectivity index (χ1n) is 6.71. The monoisotopic (exact) mass is 350 g/mol. The number of anilines is 1. The summed E-state index contributed by atoms with van der Waals surface area (Å²) in [5.74, 6) is -0.668. The SMILES string of the molecule is COC(=O)c1cccc(S(=O)(=O)Nc2cc([N+](=O)[O-])ccc2C)c1. The molecular weight excluding hydrogens is 336 g/mol. The van der Waals surface area contributed by atoms with Gasteiger partial charge in [-0.3, -0.25) is 14.8 Å². The van der Waals surface area contributed by atoms with E-state index >= 15 is 0 Å². The zero-order chi connectivity index (χ0) is 17.9. The zero-order valence-electron chi connectivity index (χ0n) is 12.8. The van der Waals surface area contributed by atoms with Gasteiger partial charge in [0, 0.05) is 12.1 Å². The number of sulfonamides is 1. The number of nitro benzene ring substituents is 1. The van der Waals surface area contributed by atoms with Crippen molar-refractivity contribution >= 4 is 27.4 Å². The van der Waals surface area contributed by atoms with Crippen LogP contribution in [0.2, 0.25) is 0 Å². The summed E-state index contributed by atoms with van der Waals surface area (Å²) in [6.45, 7) is 1.62. The summed E-state index contributed by atoms with van der Waals surface area (Å²) in [6.07, 6.45) is 0. The van der Waals surface area contributed by atoms with Gasteiger partial charge in [0.25, 0.3) is 15.7 Å². The highest BCUT2D eigenvalue weighted by Gasteiger charge is 2.19. The lowest BCUT2D eigenvalue weighted by atomic mass is 10.2. The average Bonchev–Trinajstić information content (AvgIpc) is 2.55. The Morgan fingerprint density at radius 1 is 1.21 bits per heavy atom. The molecule has 0 fully saturated rings. The highest BCUT2D eigenvalue weighted by molar-refractivity contribution is 7.92. The minimum absolute atomic E-state index is 0.0798. The van der Waals surface area contributed by atoms with Crippen molar-refractivity contribution < 1.29 is 22.9 Å². The van der Waals surface area contributed by atoms with Crippen molar-refractivity contribution in [2.75, 3.05) is 11.8 Å². The summed E-state index contributed by atoms with van der Waals surface area (Å²) >= 11 is 0. The topological polar surface area (TPSA) is 116 Å². The van der Waals surface area contributed by atoms with E-state index in [2.05, 4.69) is 9.46 Å². The van der Waals surface area contributed by atoms with Crippen LogP contribution in [0.25, 0.3) is 0 Å². The fourth-order valence-corrected chi connectivity index (χ4v) is 3.11. The molecule has 0 aromatic heterocycles. The minimum atomic E-state index is -4.02. The zero-order valence-corrected chi connectivity index (χ0v) is 13.7. The van der Waals surface area contributed by atoms with Crippen LogP contribution in [0, 0.1) is 17.0 Å². The second kappa shape index (κ2) is 6.67. The van der Waals surface area contributed by atoms with Gasteiger partial charge in [0.05, 0.1) is 28.2 Å². The molecule has 0 aliphatic rings. The Bertz CT molecular complexity index is 908. The first-order chi connectivity index (χ1) is 11.2. The number of carbonyl (C=O) groups is 1. The Balaban J connectivity index is 2.41.